The Morgan fingerprint density at radius 3 is 2.39 bits per heavy atom. The maximum absolute atomic E-state index is 2.82. The molecular formula is C18H28. The van der Waals surface area contributed by atoms with Gasteiger partial charge in [-0.1, -0.05) is 32.4 Å². The van der Waals surface area contributed by atoms with Gasteiger partial charge in [-0.25, -0.2) is 0 Å². The second-order valence-corrected chi connectivity index (χ2v) is 8.13. The van der Waals surface area contributed by atoms with E-state index in [0.717, 1.165) is 35.5 Å². The zero-order valence-corrected chi connectivity index (χ0v) is 12.3. The maximum atomic E-state index is 2.82. The van der Waals surface area contributed by atoms with E-state index in [2.05, 4.69) is 26.8 Å². The summed E-state index contributed by atoms with van der Waals surface area (Å²) >= 11 is 0. The SMILES string of the molecule is CC1/C(=C/C2(C)C3CCC(C3)C2C)C2CCC1C2. The van der Waals surface area contributed by atoms with Crippen molar-refractivity contribution in [1.82, 2.24) is 0 Å². The molecule has 0 heterocycles. The van der Waals surface area contributed by atoms with Crippen LogP contribution in [0.15, 0.2) is 11.6 Å². The molecule has 4 fully saturated rings. The fourth-order valence-corrected chi connectivity index (χ4v) is 6.19. The lowest BCUT2D eigenvalue weighted by atomic mass is 9.66. The van der Waals surface area contributed by atoms with Crippen molar-refractivity contribution in [2.75, 3.05) is 0 Å². The maximum Gasteiger partial charge on any atom is -0.00870 e. The second kappa shape index (κ2) is 3.64. The smallest absolute Gasteiger partial charge is 0.00870 e. The highest BCUT2D eigenvalue weighted by Gasteiger charge is 2.53. The Morgan fingerprint density at radius 1 is 1.00 bits per heavy atom. The van der Waals surface area contributed by atoms with Crippen LogP contribution in [0.5, 0.6) is 0 Å². The molecule has 0 heteroatoms. The van der Waals surface area contributed by atoms with E-state index in [1.807, 2.05) is 5.57 Å². The molecule has 0 aromatic carbocycles. The predicted octanol–water partition coefficient (Wildman–Crippen LogP) is 5.05. The fourth-order valence-electron chi connectivity index (χ4n) is 6.19. The van der Waals surface area contributed by atoms with E-state index in [-0.39, 0.29) is 0 Å². The van der Waals surface area contributed by atoms with Crippen LogP contribution in [0.3, 0.4) is 0 Å². The standard InChI is InChI=1S/C18H28/c1-11-13-4-5-15(8-13)17(11)10-18(3)12(2)14-6-7-16(18)9-14/h10-16H,4-9H2,1-3H3/b17-10-. The van der Waals surface area contributed by atoms with E-state index in [9.17, 15) is 0 Å². The van der Waals surface area contributed by atoms with Gasteiger partial charge in [0.15, 0.2) is 0 Å². The van der Waals surface area contributed by atoms with Gasteiger partial charge in [0.2, 0.25) is 0 Å². The van der Waals surface area contributed by atoms with Gasteiger partial charge in [0.05, 0.1) is 0 Å². The zero-order chi connectivity index (χ0) is 12.5. The van der Waals surface area contributed by atoms with Gasteiger partial charge in [0, 0.05) is 0 Å². The van der Waals surface area contributed by atoms with Crippen LogP contribution < -0.4 is 0 Å². The highest BCUT2D eigenvalue weighted by Crippen LogP contribution is 2.62. The first-order chi connectivity index (χ1) is 8.59. The molecule has 18 heavy (non-hydrogen) atoms. The third kappa shape index (κ3) is 1.33. The quantitative estimate of drug-likeness (QED) is 0.566. The summed E-state index contributed by atoms with van der Waals surface area (Å²) in [6.07, 6.45) is 11.9. The van der Waals surface area contributed by atoms with Crippen LogP contribution in [-0.2, 0) is 0 Å². The number of fused-ring (bicyclic) bond motifs is 4. The summed E-state index contributed by atoms with van der Waals surface area (Å²) in [5.74, 6) is 5.93. The first-order valence-electron chi connectivity index (χ1n) is 8.32. The lowest BCUT2D eigenvalue weighted by Crippen LogP contribution is -2.31. The minimum absolute atomic E-state index is 0.553. The van der Waals surface area contributed by atoms with Crippen LogP contribution in [0.1, 0.15) is 59.3 Å². The average molecular weight is 244 g/mol. The van der Waals surface area contributed by atoms with Crippen molar-refractivity contribution in [3.63, 3.8) is 0 Å². The van der Waals surface area contributed by atoms with Crippen molar-refractivity contribution in [2.24, 2.45) is 40.9 Å². The van der Waals surface area contributed by atoms with Crippen molar-refractivity contribution in [2.45, 2.75) is 59.3 Å². The number of hydrogen-bond acceptors (Lipinski definition) is 0. The minimum Gasteiger partial charge on any atom is -0.0783 e. The Kier molecular flexibility index (Phi) is 2.34. The molecule has 0 radical (unpaired) electrons. The van der Waals surface area contributed by atoms with Gasteiger partial charge in [0.25, 0.3) is 0 Å². The molecule has 0 aromatic heterocycles. The molecule has 0 aromatic rings. The van der Waals surface area contributed by atoms with Crippen molar-refractivity contribution in [1.29, 1.82) is 0 Å². The Labute approximate surface area is 112 Å². The van der Waals surface area contributed by atoms with Crippen molar-refractivity contribution in [3.8, 4) is 0 Å². The van der Waals surface area contributed by atoms with E-state index in [1.165, 1.54) is 38.5 Å². The predicted molar refractivity (Wildman–Crippen MR) is 76.2 cm³/mol. The molecule has 4 saturated carbocycles. The molecule has 0 N–H and O–H groups in total. The largest absolute Gasteiger partial charge is 0.0783 e. The number of hydrogen-bond donors (Lipinski definition) is 0. The Hall–Kier alpha value is -0.260. The molecule has 100 valence electrons. The van der Waals surface area contributed by atoms with Gasteiger partial charge in [-0.05, 0) is 79.4 Å². The molecule has 7 unspecified atom stereocenters. The molecule has 0 aliphatic heterocycles. The van der Waals surface area contributed by atoms with Gasteiger partial charge < -0.3 is 0 Å². The Balaban J connectivity index is 1.68. The molecule has 4 bridgehead atoms. The molecule has 4 aliphatic carbocycles. The number of rotatable bonds is 1. The monoisotopic (exact) mass is 244 g/mol. The molecule has 0 saturated heterocycles. The molecule has 4 aliphatic rings. The van der Waals surface area contributed by atoms with Crippen LogP contribution in [0.4, 0.5) is 0 Å². The van der Waals surface area contributed by atoms with E-state index in [0.29, 0.717) is 5.41 Å². The summed E-state index contributed by atoms with van der Waals surface area (Å²) in [5, 5.41) is 0. The summed E-state index contributed by atoms with van der Waals surface area (Å²) < 4.78 is 0. The minimum atomic E-state index is 0.553. The van der Waals surface area contributed by atoms with Crippen molar-refractivity contribution < 1.29 is 0 Å². The molecular weight excluding hydrogens is 216 g/mol. The molecule has 0 amide bonds. The van der Waals surface area contributed by atoms with E-state index in [1.54, 1.807) is 0 Å². The zero-order valence-electron chi connectivity index (χ0n) is 12.3. The topological polar surface area (TPSA) is 0 Å². The third-order valence-corrected chi connectivity index (χ3v) is 7.70. The van der Waals surface area contributed by atoms with Gasteiger partial charge >= 0.3 is 0 Å². The summed E-state index contributed by atoms with van der Waals surface area (Å²) in [4.78, 5) is 0. The van der Waals surface area contributed by atoms with Crippen molar-refractivity contribution in [3.05, 3.63) is 11.6 Å². The Morgan fingerprint density at radius 2 is 1.78 bits per heavy atom. The highest BCUT2D eigenvalue weighted by atomic mass is 14.6. The lowest BCUT2D eigenvalue weighted by molar-refractivity contribution is 0.169. The summed E-state index contributed by atoms with van der Waals surface area (Å²) in [6.45, 7) is 7.64. The van der Waals surface area contributed by atoms with Gasteiger partial charge in [-0.2, -0.15) is 0 Å². The molecule has 0 nitrogen and oxygen atoms in total. The lowest BCUT2D eigenvalue weighted by Gasteiger charge is -2.39. The van der Waals surface area contributed by atoms with E-state index in [4.69, 9.17) is 0 Å². The van der Waals surface area contributed by atoms with Gasteiger partial charge in [-0.15, -0.1) is 0 Å². The van der Waals surface area contributed by atoms with Crippen LogP contribution >= 0.6 is 0 Å². The third-order valence-electron chi connectivity index (χ3n) is 7.70. The summed E-state index contributed by atoms with van der Waals surface area (Å²) in [5.41, 5.74) is 2.44. The number of allylic oxidation sites excluding steroid dienone is 2. The fraction of sp³-hybridized carbons (Fsp3) is 0.889. The highest BCUT2D eigenvalue weighted by molar-refractivity contribution is 5.26. The molecule has 0 spiro atoms. The summed E-state index contributed by atoms with van der Waals surface area (Å²) in [6, 6.07) is 0. The normalized spacial score (nSPS) is 60.1. The first-order valence-corrected chi connectivity index (χ1v) is 8.32. The van der Waals surface area contributed by atoms with Crippen LogP contribution in [-0.4, -0.2) is 0 Å². The molecule has 7 atom stereocenters. The van der Waals surface area contributed by atoms with Gasteiger partial charge in [0.1, 0.15) is 0 Å². The van der Waals surface area contributed by atoms with E-state index >= 15 is 0 Å². The molecule has 4 rings (SSSR count). The van der Waals surface area contributed by atoms with Crippen LogP contribution in [0.25, 0.3) is 0 Å². The second-order valence-electron chi connectivity index (χ2n) is 8.13. The van der Waals surface area contributed by atoms with Crippen LogP contribution in [0, 0.1) is 40.9 Å². The first kappa shape index (κ1) is 11.6. The summed E-state index contributed by atoms with van der Waals surface area (Å²) in [7, 11) is 0. The average Bonchev–Trinajstić information content (AvgIpc) is 3.07. The Bertz CT molecular complexity index is 385. The van der Waals surface area contributed by atoms with Gasteiger partial charge in [-0.3, -0.25) is 0 Å². The van der Waals surface area contributed by atoms with Crippen molar-refractivity contribution >= 4 is 0 Å². The van der Waals surface area contributed by atoms with Crippen LogP contribution in [0.2, 0.25) is 0 Å². The van der Waals surface area contributed by atoms with E-state index < -0.39 is 0 Å².